The summed E-state index contributed by atoms with van der Waals surface area (Å²) in [4.78, 5) is 0. The van der Waals surface area contributed by atoms with Crippen molar-refractivity contribution in [3.05, 3.63) is 0 Å². The quantitative estimate of drug-likeness (QED) is 0.512. The van der Waals surface area contributed by atoms with Gasteiger partial charge in [-0.05, 0) is 0 Å². The summed E-state index contributed by atoms with van der Waals surface area (Å²) in [5.41, 5.74) is 0. The molecule has 0 radical (unpaired) electrons. The molecule has 0 fully saturated rings. The van der Waals surface area contributed by atoms with Gasteiger partial charge >= 0.3 is 0 Å². The van der Waals surface area contributed by atoms with Crippen molar-refractivity contribution >= 4 is 0 Å². The third kappa shape index (κ3) is 12.1. The van der Waals surface area contributed by atoms with Crippen LogP contribution >= 0.6 is 0 Å². The van der Waals surface area contributed by atoms with Gasteiger partial charge in [0.25, 0.3) is 0 Å². The van der Waals surface area contributed by atoms with Crippen LogP contribution in [-0.2, 0) is 19.5 Å². The van der Waals surface area contributed by atoms with Crippen LogP contribution in [0.25, 0.3) is 0 Å². The Morgan fingerprint density at radius 3 is 1.20 bits per heavy atom. The van der Waals surface area contributed by atoms with E-state index < -0.39 is 0 Å². The molecule has 0 aromatic heterocycles. The number of unbranched alkanes of at least 4 members (excludes halogenated alkanes) is 1. The molecule has 0 bridgehead atoms. The minimum Gasteiger partial charge on any atom is -0.0654 e. The van der Waals surface area contributed by atoms with Crippen molar-refractivity contribution in [1.29, 1.82) is 0 Å². The summed E-state index contributed by atoms with van der Waals surface area (Å²) < 4.78 is 0. The Hall–Kier alpha value is 0.623. The smallest absolute Gasteiger partial charge is 0 e. The van der Waals surface area contributed by atoms with Crippen LogP contribution in [0.15, 0.2) is 0 Å². The van der Waals surface area contributed by atoms with Gasteiger partial charge < -0.3 is 0 Å². The zero-order valence-corrected chi connectivity index (χ0v) is 5.51. The van der Waals surface area contributed by atoms with Crippen molar-refractivity contribution in [3.8, 4) is 0 Å². The van der Waals surface area contributed by atoms with E-state index in [9.17, 15) is 0 Å². The molecule has 1 heteroatoms. The Labute approximate surface area is 46.7 Å². The van der Waals surface area contributed by atoms with Crippen molar-refractivity contribution in [3.63, 3.8) is 0 Å². The molecule has 0 atom stereocenters. The molecule has 34 valence electrons. The Kier molecular flexibility index (Phi) is 16.2. The summed E-state index contributed by atoms with van der Waals surface area (Å²) in [7, 11) is 0. The molecule has 0 rings (SSSR count). The molecule has 5 heavy (non-hydrogen) atoms. The second-order valence-corrected chi connectivity index (χ2v) is 1.000. The van der Waals surface area contributed by atoms with Crippen LogP contribution in [0.4, 0.5) is 0 Å². The van der Waals surface area contributed by atoms with Crippen molar-refractivity contribution < 1.29 is 19.5 Å². The molecule has 0 aliphatic carbocycles. The normalized spacial score (nSPS) is 6.00. The fourth-order valence-electron chi connectivity index (χ4n) is 0. The molecule has 0 N–H and O–H groups in total. The summed E-state index contributed by atoms with van der Waals surface area (Å²) >= 11 is 0. The number of hydrogen-bond acceptors (Lipinski definition) is 0. The van der Waals surface area contributed by atoms with Crippen LogP contribution in [0.5, 0.6) is 0 Å². The fraction of sp³-hybridized carbons (Fsp3) is 1.00. The minimum atomic E-state index is 0. The Balaban J connectivity index is 0. The molecular weight excluding hydrogens is 149 g/mol. The third-order valence-corrected chi connectivity index (χ3v) is 0.500. The van der Waals surface area contributed by atoms with Crippen LogP contribution in [0.1, 0.15) is 26.7 Å². The molecule has 0 spiro atoms. The van der Waals surface area contributed by atoms with E-state index in [4.69, 9.17) is 0 Å². The SMILES string of the molecule is CCCC.[Ru]. The van der Waals surface area contributed by atoms with E-state index in [1.165, 1.54) is 12.8 Å². The summed E-state index contributed by atoms with van der Waals surface area (Å²) in [5.74, 6) is 0. The Bertz CT molecular complexity index is 5.61. The van der Waals surface area contributed by atoms with Crippen LogP contribution in [0.3, 0.4) is 0 Å². The second-order valence-electron chi connectivity index (χ2n) is 1.000. The van der Waals surface area contributed by atoms with E-state index in [2.05, 4.69) is 13.8 Å². The van der Waals surface area contributed by atoms with E-state index in [1.54, 1.807) is 0 Å². The summed E-state index contributed by atoms with van der Waals surface area (Å²) in [6.07, 6.45) is 2.64. The third-order valence-electron chi connectivity index (χ3n) is 0.500. The fourth-order valence-corrected chi connectivity index (χ4v) is 0. The molecule has 0 aromatic carbocycles. The molecular formula is C4H10Ru. The number of rotatable bonds is 1. The van der Waals surface area contributed by atoms with E-state index in [1.807, 2.05) is 0 Å². The molecule has 0 aliphatic heterocycles. The molecule has 0 saturated carbocycles. The summed E-state index contributed by atoms with van der Waals surface area (Å²) in [6, 6.07) is 0. The average Bonchev–Trinajstić information content (AvgIpc) is 1.37. The van der Waals surface area contributed by atoms with Gasteiger partial charge in [-0.25, -0.2) is 0 Å². The first kappa shape index (κ1) is 9.16. The Morgan fingerprint density at radius 2 is 1.20 bits per heavy atom. The molecule has 0 amide bonds. The zero-order valence-electron chi connectivity index (χ0n) is 3.77. The standard InChI is InChI=1S/C4H10.Ru/c1-3-4-2;/h3-4H2,1-2H3;. The monoisotopic (exact) mass is 160 g/mol. The van der Waals surface area contributed by atoms with Gasteiger partial charge in [0.1, 0.15) is 0 Å². The van der Waals surface area contributed by atoms with E-state index in [-0.39, 0.29) is 19.5 Å². The van der Waals surface area contributed by atoms with Crippen LogP contribution in [0, 0.1) is 0 Å². The first-order chi connectivity index (χ1) is 1.91. The van der Waals surface area contributed by atoms with Gasteiger partial charge in [0.05, 0.1) is 0 Å². The summed E-state index contributed by atoms with van der Waals surface area (Å²) in [6.45, 7) is 4.36. The van der Waals surface area contributed by atoms with Gasteiger partial charge in [0.2, 0.25) is 0 Å². The van der Waals surface area contributed by atoms with Crippen molar-refractivity contribution in [1.82, 2.24) is 0 Å². The van der Waals surface area contributed by atoms with Crippen LogP contribution in [0.2, 0.25) is 0 Å². The van der Waals surface area contributed by atoms with Crippen LogP contribution in [-0.4, -0.2) is 0 Å². The zero-order chi connectivity index (χ0) is 3.41. The van der Waals surface area contributed by atoms with Crippen molar-refractivity contribution in [2.45, 2.75) is 26.7 Å². The maximum Gasteiger partial charge on any atom is 0 e. The molecule has 0 aromatic rings. The number of hydrogen-bond donors (Lipinski definition) is 0. The van der Waals surface area contributed by atoms with Gasteiger partial charge in [-0.2, -0.15) is 0 Å². The molecule has 0 heterocycles. The minimum absolute atomic E-state index is 0. The average molecular weight is 159 g/mol. The predicted molar refractivity (Wildman–Crippen MR) is 20.6 cm³/mol. The predicted octanol–water partition coefficient (Wildman–Crippen LogP) is 1.80. The molecule has 0 saturated heterocycles. The van der Waals surface area contributed by atoms with Crippen molar-refractivity contribution in [2.24, 2.45) is 0 Å². The maximum absolute atomic E-state index is 2.18. The molecule has 0 unspecified atom stereocenters. The van der Waals surface area contributed by atoms with E-state index in [0.717, 1.165) is 0 Å². The van der Waals surface area contributed by atoms with Crippen molar-refractivity contribution in [2.75, 3.05) is 0 Å². The van der Waals surface area contributed by atoms with Gasteiger partial charge in [0, 0.05) is 19.5 Å². The molecule has 0 nitrogen and oxygen atoms in total. The maximum atomic E-state index is 2.18. The second kappa shape index (κ2) is 8.82. The summed E-state index contributed by atoms with van der Waals surface area (Å²) in [5, 5.41) is 0. The van der Waals surface area contributed by atoms with Gasteiger partial charge in [0.15, 0.2) is 0 Å². The van der Waals surface area contributed by atoms with Gasteiger partial charge in [-0.1, -0.05) is 26.7 Å². The van der Waals surface area contributed by atoms with E-state index in [0.29, 0.717) is 0 Å². The topological polar surface area (TPSA) is 0 Å². The van der Waals surface area contributed by atoms with E-state index >= 15 is 0 Å². The van der Waals surface area contributed by atoms with Crippen LogP contribution < -0.4 is 0 Å². The molecule has 0 aliphatic rings. The van der Waals surface area contributed by atoms with Gasteiger partial charge in [-0.15, -0.1) is 0 Å². The Morgan fingerprint density at radius 1 is 1.00 bits per heavy atom. The largest absolute Gasteiger partial charge is 0.0654 e. The first-order valence-corrected chi connectivity index (χ1v) is 1.91. The van der Waals surface area contributed by atoms with Gasteiger partial charge in [-0.3, -0.25) is 0 Å². The first-order valence-electron chi connectivity index (χ1n) is 1.91.